The average Bonchev–Trinajstić information content (AvgIpc) is 3.19. The highest BCUT2D eigenvalue weighted by Crippen LogP contribution is 2.38. The molecule has 0 spiro atoms. The highest BCUT2D eigenvalue weighted by Gasteiger charge is 2.27. The maximum atomic E-state index is 12.6. The summed E-state index contributed by atoms with van der Waals surface area (Å²) in [5.74, 6) is 1.25. The number of benzene rings is 1. The van der Waals surface area contributed by atoms with Crippen LogP contribution in [0.5, 0.6) is 5.75 Å². The normalized spacial score (nSPS) is 14.7. The highest BCUT2D eigenvalue weighted by molar-refractivity contribution is 5.83. The number of hydrogen-bond donors (Lipinski definition) is 0. The molecule has 1 saturated heterocycles. The van der Waals surface area contributed by atoms with Crippen LogP contribution in [0.4, 0.5) is 14.5 Å². The van der Waals surface area contributed by atoms with Crippen molar-refractivity contribution in [3.8, 4) is 22.9 Å². The number of rotatable bonds is 5. The maximum absolute atomic E-state index is 12.6. The summed E-state index contributed by atoms with van der Waals surface area (Å²) in [6.07, 6.45) is 6.28. The first-order valence-corrected chi connectivity index (χ1v) is 9.59. The van der Waals surface area contributed by atoms with E-state index in [2.05, 4.69) is 30.9 Å². The van der Waals surface area contributed by atoms with Gasteiger partial charge in [0.1, 0.15) is 24.0 Å². The molecule has 9 heteroatoms. The standard InChI is InChI=1S/C21H20F2N6O/c1-28-13-26-27-20(28)14-5-7-29(8-6-14)19-15(10-24)3-2-4-18(19)16-9-17(12-25-11-16)30-21(22)23/h2-4,9,11-14,21H,5-8H2,1H3. The van der Waals surface area contributed by atoms with E-state index in [-0.39, 0.29) is 5.75 Å². The first-order valence-electron chi connectivity index (χ1n) is 9.59. The molecule has 0 radical (unpaired) electrons. The van der Waals surface area contributed by atoms with Crippen molar-refractivity contribution in [2.45, 2.75) is 25.4 Å². The zero-order valence-electron chi connectivity index (χ0n) is 16.4. The first-order chi connectivity index (χ1) is 14.6. The van der Waals surface area contributed by atoms with E-state index in [0.29, 0.717) is 17.0 Å². The molecule has 1 aromatic carbocycles. The Balaban J connectivity index is 1.64. The average molecular weight is 410 g/mol. The smallest absolute Gasteiger partial charge is 0.387 e. The van der Waals surface area contributed by atoms with Gasteiger partial charge in [-0.1, -0.05) is 12.1 Å². The lowest BCUT2D eigenvalue weighted by Crippen LogP contribution is -2.34. The minimum atomic E-state index is -2.92. The van der Waals surface area contributed by atoms with Crippen molar-refractivity contribution in [2.75, 3.05) is 18.0 Å². The summed E-state index contributed by atoms with van der Waals surface area (Å²) in [6, 6.07) is 9.19. The van der Waals surface area contributed by atoms with Crippen molar-refractivity contribution < 1.29 is 13.5 Å². The number of nitriles is 1. The Kier molecular flexibility index (Phi) is 5.57. The molecule has 0 saturated carbocycles. The van der Waals surface area contributed by atoms with Gasteiger partial charge >= 0.3 is 6.61 Å². The van der Waals surface area contributed by atoms with Gasteiger partial charge in [0.25, 0.3) is 0 Å². The number of alkyl halides is 2. The van der Waals surface area contributed by atoms with Crippen LogP contribution < -0.4 is 9.64 Å². The predicted molar refractivity (Wildman–Crippen MR) is 106 cm³/mol. The van der Waals surface area contributed by atoms with Gasteiger partial charge in [0.2, 0.25) is 0 Å². The Hall–Kier alpha value is -3.54. The summed E-state index contributed by atoms with van der Waals surface area (Å²) in [4.78, 5) is 6.20. The van der Waals surface area contributed by atoms with E-state index in [0.717, 1.165) is 43.0 Å². The number of halogens is 2. The van der Waals surface area contributed by atoms with Crippen molar-refractivity contribution >= 4 is 5.69 Å². The van der Waals surface area contributed by atoms with Gasteiger partial charge in [-0.3, -0.25) is 4.98 Å². The monoisotopic (exact) mass is 410 g/mol. The molecule has 0 aliphatic carbocycles. The van der Waals surface area contributed by atoms with Crippen LogP contribution in [0, 0.1) is 11.3 Å². The Morgan fingerprint density at radius 1 is 1.23 bits per heavy atom. The second-order valence-corrected chi connectivity index (χ2v) is 7.16. The molecule has 0 unspecified atom stereocenters. The number of para-hydroxylation sites is 1. The molecule has 2 aromatic heterocycles. The van der Waals surface area contributed by atoms with Crippen LogP contribution in [-0.2, 0) is 7.05 Å². The van der Waals surface area contributed by atoms with Gasteiger partial charge in [0, 0.05) is 43.4 Å². The van der Waals surface area contributed by atoms with Gasteiger partial charge in [-0.15, -0.1) is 10.2 Å². The Morgan fingerprint density at radius 3 is 2.70 bits per heavy atom. The molecule has 30 heavy (non-hydrogen) atoms. The number of anilines is 1. The Labute approximate surface area is 172 Å². The molecule has 0 atom stereocenters. The predicted octanol–water partition coefficient (Wildman–Crippen LogP) is 3.73. The van der Waals surface area contributed by atoms with Crippen molar-refractivity contribution in [2.24, 2.45) is 7.05 Å². The Bertz CT molecular complexity index is 1070. The maximum Gasteiger partial charge on any atom is 0.387 e. The van der Waals surface area contributed by atoms with Crippen molar-refractivity contribution in [3.63, 3.8) is 0 Å². The summed E-state index contributed by atoms with van der Waals surface area (Å²) in [6.45, 7) is -1.44. The van der Waals surface area contributed by atoms with Gasteiger partial charge in [-0.25, -0.2) is 0 Å². The summed E-state index contributed by atoms with van der Waals surface area (Å²) in [5.41, 5.74) is 2.70. The molecule has 154 valence electrons. The second-order valence-electron chi connectivity index (χ2n) is 7.16. The van der Waals surface area contributed by atoms with E-state index in [1.807, 2.05) is 17.7 Å². The number of aromatic nitrogens is 4. The second kappa shape index (κ2) is 8.45. The van der Waals surface area contributed by atoms with E-state index < -0.39 is 6.61 Å². The quantitative estimate of drug-likeness (QED) is 0.638. The molecular weight excluding hydrogens is 390 g/mol. The number of pyridine rings is 1. The molecule has 1 aliphatic rings. The topological polar surface area (TPSA) is 79.9 Å². The number of hydrogen-bond acceptors (Lipinski definition) is 6. The molecule has 0 N–H and O–H groups in total. The number of nitrogens with zero attached hydrogens (tertiary/aromatic N) is 6. The molecule has 0 bridgehead atoms. The van der Waals surface area contributed by atoms with Crippen molar-refractivity contribution in [1.29, 1.82) is 5.26 Å². The summed E-state index contributed by atoms with van der Waals surface area (Å²) < 4.78 is 31.7. The van der Waals surface area contributed by atoms with E-state index in [1.54, 1.807) is 24.7 Å². The van der Waals surface area contributed by atoms with E-state index in [4.69, 9.17) is 0 Å². The summed E-state index contributed by atoms with van der Waals surface area (Å²) in [5, 5.41) is 17.9. The molecule has 3 heterocycles. The van der Waals surface area contributed by atoms with Crippen LogP contribution in [0.1, 0.15) is 30.1 Å². The fraction of sp³-hybridized carbons (Fsp3) is 0.333. The molecule has 1 aliphatic heterocycles. The first kappa shape index (κ1) is 19.8. The fourth-order valence-corrected chi connectivity index (χ4v) is 3.96. The third-order valence-corrected chi connectivity index (χ3v) is 5.33. The number of piperidine rings is 1. The van der Waals surface area contributed by atoms with Crippen LogP contribution in [0.2, 0.25) is 0 Å². The largest absolute Gasteiger partial charge is 0.433 e. The lowest BCUT2D eigenvalue weighted by atomic mass is 9.93. The zero-order chi connectivity index (χ0) is 21.1. The van der Waals surface area contributed by atoms with Crippen molar-refractivity contribution in [3.05, 3.63) is 54.4 Å². The van der Waals surface area contributed by atoms with Crippen molar-refractivity contribution in [1.82, 2.24) is 19.7 Å². The van der Waals surface area contributed by atoms with Crippen LogP contribution in [0.25, 0.3) is 11.1 Å². The minimum Gasteiger partial charge on any atom is -0.433 e. The van der Waals surface area contributed by atoms with Gasteiger partial charge in [-0.2, -0.15) is 14.0 Å². The molecule has 0 amide bonds. The molecule has 4 rings (SSSR count). The minimum absolute atomic E-state index is 0.0169. The SMILES string of the molecule is Cn1cnnc1C1CCN(c2c(C#N)cccc2-c2cncc(OC(F)F)c2)CC1. The van der Waals surface area contributed by atoms with Crippen LogP contribution in [0.15, 0.2) is 43.0 Å². The molecule has 3 aromatic rings. The van der Waals surface area contributed by atoms with Crippen LogP contribution in [-0.4, -0.2) is 39.4 Å². The lowest BCUT2D eigenvalue weighted by molar-refractivity contribution is -0.0500. The van der Waals surface area contributed by atoms with E-state index >= 15 is 0 Å². The van der Waals surface area contributed by atoms with Gasteiger partial charge in [-0.05, 0) is 25.0 Å². The number of ether oxygens (including phenoxy) is 1. The van der Waals surface area contributed by atoms with E-state index in [1.165, 1.54) is 12.3 Å². The Morgan fingerprint density at radius 2 is 2.03 bits per heavy atom. The third-order valence-electron chi connectivity index (χ3n) is 5.33. The summed E-state index contributed by atoms with van der Waals surface area (Å²) >= 11 is 0. The third kappa shape index (κ3) is 3.94. The van der Waals surface area contributed by atoms with Gasteiger partial charge in [0.15, 0.2) is 0 Å². The molecular formula is C21H20F2N6O. The number of aryl methyl sites for hydroxylation is 1. The molecule has 7 nitrogen and oxygen atoms in total. The fourth-order valence-electron chi connectivity index (χ4n) is 3.96. The summed E-state index contributed by atoms with van der Waals surface area (Å²) in [7, 11) is 1.94. The van der Waals surface area contributed by atoms with Gasteiger partial charge < -0.3 is 14.2 Å². The van der Waals surface area contributed by atoms with Crippen LogP contribution >= 0.6 is 0 Å². The highest BCUT2D eigenvalue weighted by atomic mass is 19.3. The van der Waals surface area contributed by atoms with E-state index in [9.17, 15) is 14.0 Å². The zero-order valence-corrected chi connectivity index (χ0v) is 16.4. The van der Waals surface area contributed by atoms with Gasteiger partial charge in [0.05, 0.1) is 17.4 Å². The lowest BCUT2D eigenvalue weighted by Gasteiger charge is -2.35. The molecule has 1 fully saturated rings. The van der Waals surface area contributed by atoms with Crippen LogP contribution in [0.3, 0.4) is 0 Å².